The molecule has 90 valence electrons. The molecule has 2 N–H and O–H groups in total. The number of nitrogens with two attached hydrogens (primary N) is 1. The standard InChI is InChI=1S/C13H17N3O/c1-2-11-3-5-13(6-4-11)17-8-7-16-10-12(14)9-15-16/h3-6,9-10H,2,7-8,14H2,1H3. The van der Waals surface area contributed by atoms with E-state index in [1.807, 2.05) is 12.1 Å². The molecular weight excluding hydrogens is 214 g/mol. The Labute approximate surface area is 101 Å². The van der Waals surface area contributed by atoms with Gasteiger partial charge in [0.25, 0.3) is 0 Å². The summed E-state index contributed by atoms with van der Waals surface area (Å²) in [5.74, 6) is 0.891. The highest BCUT2D eigenvalue weighted by Crippen LogP contribution is 2.12. The predicted molar refractivity (Wildman–Crippen MR) is 68.0 cm³/mol. The van der Waals surface area contributed by atoms with Crippen molar-refractivity contribution in [3.05, 3.63) is 42.2 Å². The molecule has 0 saturated heterocycles. The third kappa shape index (κ3) is 3.24. The molecule has 0 aliphatic carbocycles. The van der Waals surface area contributed by atoms with Crippen molar-refractivity contribution in [1.82, 2.24) is 9.78 Å². The Hall–Kier alpha value is -1.97. The monoisotopic (exact) mass is 231 g/mol. The Kier molecular flexibility index (Phi) is 3.65. The van der Waals surface area contributed by atoms with Gasteiger partial charge in [-0.25, -0.2) is 0 Å². The average molecular weight is 231 g/mol. The van der Waals surface area contributed by atoms with E-state index in [9.17, 15) is 0 Å². The van der Waals surface area contributed by atoms with E-state index < -0.39 is 0 Å². The van der Waals surface area contributed by atoms with Gasteiger partial charge in [0.1, 0.15) is 12.4 Å². The van der Waals surface area contributed by atoms with E-state index in [0.29, 0.717) is 18.8 Å². The van der Waals surface area contributed by atoms with Gasteiger partial charge in [0.05, 0.1) is 18.4 Å². The second-order valence-electron chi connectivity index (χ2n) is 3.88. The van der Waals surface area contributed by atoms with Crippen LogP contribution >= 0.6 is 0 Å². The summed E-state index contributed by atoms with van der Waals surface area (Å²) in [5, 5.41) is 4.09. The number of ether oxygens (including phenoxy) is 1. The third-order valence-electron chi connectivity index (χ3n) is 2.57. The number of anilines is 1. The molecule has 0 amide bonds. The minimum absolute atomic E-state index is 0.590. The van der Waals surface area contributed by atoms with Crippen molar-refractivity contribution >= 4 is 5.69 Å². The van der Waals surface area contributed by atoms with Crippen LogP contribution in [0.2, 0.25) is 0 Å². The van der Waals surface area contributed by atoms with Crippen molar-refractivity contribution in [2.24, 2.45) is 0 Å². The predicted octanol–water partition coefficient (Wildman–Crippen LogP) is 2.11. The molecular formula is C13H17N3O. The van der Waals surface area contributed by atoms with Crippen LogP contribution in [0, 0.1) is 0 Å². The van der Waals surface area contributed by atoms with Gasteiger partial charge < -0.3 is 10.5 Å². The second kappa shape index (κ2) is 5.39. The summed E-state index contributed by atoms with van der Waals surface area (Å²) in [4.78, 5) is 0. The van der Waals surface area contributed by atoms with Crippen LogP contribution in [0.5, 0.6) is 5.75 Å². The van der Waals surface area contributed by atoms with Crippen LogP contribution in [0.1, 0.15) is 12.5 Å². The van der Waals surface area contributed by atoms with Gasteiger partial charge in [-0.15, -0.1) is 0 Å². The summed E-state index contributed by atoms with van der Waals surface area (Å²) < 4.78 is 7.39. The minimum atomic E-state index is 0.590. The van der Waals surface area contributed by atoms with Crippen molar-refractivity contribution in [3.8, 4) is 5.75 Å². The van der Waals surface area contributed by atoms with Gasteiger partial charge in [-0.05, 0) is 24.1 Å². The molecule has 2 aromatic rings. The lowest BCUT2D eigenvalue weighted by Crippen LogP contribution is -2.08. The number of rotatable bonds is 5. The fourth-order valence-electron chi connectivity index (χ4n) is 1.58. The molecule has 0 aliphatic heterocycles. The van der Waals surface area contributed by atoms with Gasteiger partial charge in [-0.3, -0.25) is 4.68 Å². The first-order chi connectivity index (χ1) is 8.28. The molecule has 0 unspecified atom stereocenters. The van der Waals surface area contributed by atoms with Gasteiger partial charge in [0.15, 0.2) is 0 Å². The summed E-state index contributed by atoms with van der Waals surface area (Å²) in [6, 6.07) is 8.16. The third-order valence-corrected chi connectivity index (χ3v) is 2.57. The van der Waals surface area contributed by atoms with Crippen molar-refractivity contribution in [2.45, 2.75) is 19.9 Å². The quantitative estimate of drug-likeness (QED) is 0.857. The zero-order valence-corrected chi connectivity index (χ0v) is 9.97. The van der Waals surface area contributed by atoms with Gasteiger partial charge in [0.2, 0.25) is 0 Å². The summed E-state index contributed by atoms with van der Waals surface area (Å²) in [6.07, 6.45) is 4.48. The highest BCUT2D eigenvalue weighted by atomic mass is 16.5. The highest BCUT2D eigenvalue weighted by Gasteiger charge is 1.96. The summed E-state index contributed by atoms with van der Waals surface area (Å²) in [7, 11) is 0. The SMILES string of the molecule is CCc1ccc(OCCn2cc(N)cn2)cc1. The molecule has 1 aromatic carbocycles. The number of hydrogen-bond donors (Lipinski definition) is 1. The van der Waals surface area contributed by atoms with Gasteiger partial charge in [-0.2, -0.15) is 5.10 Å². The number of aromatic nitrogens is 2. The van der Waals surface area contributed by atoms with E-state index in [1.165, 1.54) is 5.56 Å². The molecule has 0 saturated carbocycles. The maximum absolute atomic E-state index is 5.62. The topological polar surface area (TPSA) is 53.1 Å². The maximum atomic E-state index is 5.62. The highest BCUT2D eigenvalue weighted by molar-refractivity contribution is 5.30. The Morgan fingerprint density at radius 3 is 2.65 bits per heavy atom. The van der Waals surface area contributed by atoms with Crippen molar-refractivity contribution in [1.29, 1.82) is 0 Å². The molecule has 1 heterocycles. The van der Waals surface area contributed by atoms with Crippen LogP contribution in [0.25, 0.3) is 0 Å². The van der Waals surface area contributed by atoms with Crippen LogP contribution in [0.15, 0.2) is 36.7 Å². The minimum Gasteiger partial charge on any atom is -0.492 e. The Morgan fingerprint density at radius 1 is 1.29 bits per heavy atom. The molecule has 4 nitrogen and oxygen atoms in total. The van der Waals surface area contributed by atoms with Gasteiger partial charge in [-0.1, -0.05) is 19.1 Å². The molecule has 2 rings (SSSR count). The molecule has 0 bridgehead atoms. The van der Waals surface area contributed by atoms with Gasteiger partial charge in [0, 0.05) is 6.20 Å². The van der Waals surface area contributed by atoms with E-state index in [2.05, 4.69) is 24.2 Å². The number of benzene rings is 1. The van der Waals surface area contributed by atoms with Crippen molar-refractivity contribution < 1.29 is 4.74 Å². The van der Waals surface area contributed by atoms with E-state index in [4.69, 9.17) is 10.5 Å². The molecule has 0 spiro atoms. The van der Waals surface area contributed by atoms with Crippen molar-refractivity contribution in [3.63, 3.8) is 0 Å². The van der Waals surface area contributed by atoms with E-state index in [-0.39, 0.29) is 0 Å². The average Bonchev–Trinajstić information content (AvgIpc) is 2.76. The lowest BCUT2D eigenvalue weighted by Gasteiger charge is -2.06. The zero-order valence-electron chi connectivity index (χ0n) is 9.97. The normalized spacial score (nSPS) is 10.4. The number of aryl methyl sites for hydroxylation is 1. The fourth-order valence-corrected chi connectivity index (χ4v) is 1.58. The molecule has 0 aliphatic rings. The number of nitrogens with zero attached hydrogens (tertiary/aromatic N) is 2. The Balaban J connectivity index is 1.81. The summed E-state index contributed by atoms with van der Waals surface area (Å²) in [6.45, 7) is 3.43. The fraction of sp³-hybridized carbons (Fsp3) is 0.308. The van der Waals surface area contributed by atoms with Crippen LogP contribution in [0.3, 0.4) is 0 Å². The first-order valence-corrected chi connectivity index (χ1v) is 5.77. The number of hydrogen-bond acceptors (Lipinski definition) is 3. The molecule has 4 heteroatoms. The lowest BCUT2D eigenvalue weighted by molar-refractivity contribution is 0.291. The summed E-state index contributed by atoms with van der Waals surface area (Å²) >= 11 is 0. The maximum Gasteiger partial charge on any atom is 0.119 e. The van der Waals surface area contributed by atoms with Crippen LogP contribution < -0.4 is 10.5 Å². The molecule has 0 atom stereocenters. The first kappa shape index (κ1) is 11.5. The molecule has 0 fully saturated rings. The van der Waals surface area contributed by atoms with E-state index in [1.54, 1.807) is 17.1 Å². The zero-order chi connectivity index (χ0) is 12.1. The van der Waals surface area contributed by atoms with Crippen LogP contribution in [-0.4, -0.2) is 16.4 Å². The second-order valence-corrected chi connectivity index (χ2v) is 3.88. The van der Waals surface area contributed by atoms with Crippen LogP contribution in [-0.2, 0) is 13.0 Å². The molecule has 17 heavy (non-hydrogen) atoms. The lowest BCUT2D eigenvalue weighted by atomic mass is 10.2. The first-order valence-electron chi connectivity index (χ1n) is 5.77. The molecule has 0 radical (unpaired) electrons. The van der Waals surface area contributed by atoms with Gasteiger partial charge >= 0.3 is 0 Å². The van der Waals surface area contributed by atoms with Crippen LogP contribution in [0.4, 0.5) is 5.69 Å². The molecule has 1 aromatic heterocycles. The van der Waals surface area contributed by atoms with E-state index in [0.717, 1.165) is 12.2 Å². The van der Waals surface area contributed by atoms with E-state index >= 15 is 0 Å². The van der Waals surface area contributed by atoms with Crippen molar-refractivity contribution in [2.75, 3.05) is 12.3 Å². The number of nitrogen functional groups attached to an aromatic ring is 1. The Morgan fingerprint density at radius 2 is 2.06 bits per heavy atom. The largest absolute Gasteiger partial charge is 0.492 e. The summed E-state index contributed by atoms with van der Waals surface area (Å²) in [5.41, 5.74) is 7.56. The Bertz CT molecular complexity index is 462. The smallest absolute Gasteiger partial charge is 0.119 e.